The van der Waals surface area contributed by atoms with Crippen LogP contribution in [0.25, 0.3) is 0 Å². The number of hydrogen-bond donors (Lipinski definition) is 3. The van der Waals surface area contributed by atoms with Crippen LogP contribution in [0.15, 0.2) is 0 Å². The summed E-state index contributed by atoms with van der Waals surface area (Å²) in [4.78, 5) is 34.4. The molecule has 0 aliphatic heterocycles. The zero-order chi connectivity index (χ0) is 14.5. The predicted octanol–water partition coefficient (Wildman–Crippen LogP) is 0.600. The maximum Gasteiger partial charge on any atom is 0.326 e. The summed E-state index contributed by atoms with van der Waals surface area (Å²) in [5, 5.41) is 19.5. The number of aliphatic carboxylic acids is 2. The fourth-order valence-electron chi connectivity index (χ4n) is 1.26. The molecule has 18 heavy (non-hydrogen) atoms. The molecule has 2 atom stereocenters. The molecular formula is C11H20N2O5. The van der Waals surface area contributed by atoms with Gasteiger partial charge in [0.2, 0.25) is 0 Å². The van der Waals surface area contributed by atoms with Crippen molar-refractivity contribution >= 4 is 18.0 Å². The lowest BCUT2D eigenvalue weighted by atomic mass is 10.1. The molecule has 7 heteroatoms. The van der Waals surface area contributed by atoms with E-state index in [1.165, 1.54) is 4.90 Å². The Hall–Kier alpha value is -1.79. The SMILES string of the molecule is CC(C)C(C)N(C)C(=O)NC(CC(=O)O)C(=O)O. The maximum absolute atomic E-state index is 11.7. The molecule has 0 aromatic heterocycles. The van der Waals surface area contributed by atoms with Gasteiger partial charge in [-0.05, 0) is 12.8 Å². The summed E-state index contributed by atoms with van der Waals surface area (Å²) in [6, 6.07) is -2.09. The Morgan fingerprint density at radius 1 is 1.17 bits per heavy atom. The number of hydrogen-bond acceptors (Lipinski definition) is 3. The lowest BCUT2D eigenvalue weighted by Crippen LogP contribution is -2.50. The van der Waals surface area contributed by atoms with Crippen molar-refractivity contribution in [2.75, 3.05) is 7.05 Å². The summed E-state index contributed by atoms with van der Waals surface area (Å²) in [5.41, 5.74) is 0. The minimum Gasteiger partial charge on any atom is -0.481 e. The van der Waals surface area contributed by atoms with Crippen molar-refractivity contribution in [3.8, 4) is 0 Å². The number of nitrogens with zero attached hydrogens (tertiary/aromatic N) is 1. The third-order valence-electron chi connectivity index (χ3n) is 2.87. The average Bonchev–Trinajstić information content (AvgIpc) is 2.24. The van der Waals surface area contributed by atoms with E-state index >= 15 is 0 Å². The Kier molecular flexibility index (Phi) is 6.15. The van der Waals surface area contributed by atoms with Gasteiger partial charge >= 0.3 is 18.0 Å². The number of carboxylic acid groups (broad SMARTS) is 2. The standard InChI is InChI=1S/C11H20N2O5/c1-6(2)7(3)13(4)11(18)12-8(10(16)17)5-9(14)15/h6-8H,5H2,1-4H3,(H,12,18)(H,14,15)(H,16,17). The lowest BCUT2D eigenvalue weighted by molar-refractivity contribution is -0.145. The van der Waals surface area contributed by atoms with Gasteiger partial charge in [-0.25, -0.2) is 9.59 Å². The highest BCUT2D eigenvalue weighted by Crippen LogP contribution is 2.08. The quantitative estimate of drug-likeness (QED) is 0.648. The van der Waals surface area contributed by atoms with E-state index in [2.05, 4.69) is 5.32 Å². The molecular weight excluding hydrogens is 240 g/mol. The van der Waals surface area contributed by atoms with Crippen LogP contribution in [0.3, 0.4) is 0 Å². The van der Waals surface area contributed by atoms with Gasteiger partial charge in [-0.1, -0.05) is 13.8 Å². The highest BCUT2D eigenvalue weighted by Gasteiger charge is 2.26. The minimum absolute atomic E-state index is 0.0794. The number of carboxylic acids is 2. The molecule has 0 heterocycles. The number of urea groups is 1. The Morgan fingerprint density at radius 2 is 1.67 bits per heavy atom. The van der Waals surface area contributed by atoms with Crippen LogP contribution in [0, 0.1) is 5.92 Å². The van der Waals surface area contributed by atoms with E-state index in [1.807, 2.05) is 20.8 Å². The van der Waals surface area contributed by atoms with Gasteiger partial charge in [-0.3, -0.25) is 4.79 Å². The number of rotatable bonds is 6. The smallest absolute Gasteiger partial charge is 0.326 e. The van der Waals surface area contributed by atoms with E-state index in [0.717, 1.165) is 0 Å². The zero-order valence-corrected chi connectivity index (χ0v) is 11.0. The molecule has 104 valence electrons. The maximum atomic E-state index is 11.7. The normalized spacial score (nSPS) is 13.8. The number of nitrogens with one attached hydrogen (secondary N) is 1. The van der Waals surface area contributed by atoms with Crippen molar-refractivity contribution in [1.82, 2.24) is 10.2 Å². The van der Waals surface area contributed by atoms with Crippen molar-refractivity contribution in [2.24, 2.45) is 5.92 Å². The molecule has 0 spiro atoms. The largest absolute Gasteiger partial charge is 0.481 e. The van der Waals surface area contributed by atoms with Gasteiger partial charge in [0.1, 0.15) is 6.04 Å². The van der Waals surface area contributed by atoms with Crippen molar-refractivity contribution in [2.45, 2.75) is 39.3 Å². The predicted molar refractivity (Wildman–Crippen MR) is 64.3 cm³/mol. The van der Waals surface area contributed by atoms with Gasteiger partial charge in [0, 0.05) is 13.1 Å². The van der Waals surface area contributed by atoms with Crippen LogP contribution in [-0.4, -0.2) is 52.2 Å². The second-order valence-electron chi connectivity index (χ2n) is 4.53. The van der Waals surface area contributed by atoms with Gasteiger partial charge in [-0.15, -0.1) is 0 Å². The first-order valence-electron chi connectivity index (χ1n) is 5.64. The Balaban J connectivity index is 4.60. The summed E-state index contributed by atoms with van der Waals surface area (Å²) in [6.45, 7) is 5.69. The first kappa shape index (κ1) is 16.2. The second kappa shape index (κ2) is 6.83. The van der Waals surface area contributed by atoms with Crippen LogP contribution in [0.2, 0.25) is 0 Å². The van der Waals surface area contributed by atoms with Gasteiger partial charge in [0.15, 0.2) is 0 Å². The first-order valence-corrected chi connectivity index (χ1v) is 5.64. The third-order valence-corrected chi connectivity index (χ3v) is 2.87. The van der Waals surface area contributed by atoms with Gasteiger partial charge in [0.25, 0.3) is 0 Å². The van der Waals surface area contributed by atoms with E-state index in [1.54, 1.807) is 7.05 Å². The molecule has 2 unspecified atom stereocenters. The van der Waals surface area contributed by atoms with Crippen LogP contribution in [0.1, 0.15) is 27.2 Å². The summed E-state index contributed by atoms with van der Waals surface area (Å²) in [5.74, 6) is -2.43. The van der Waals surface area contributed by atoms with Crippen LogP contribution >= 0.6 is 0 Å². The van der Waals surface area contributed by atoms with Crippen molar-refractivity contribution in [3.63, 3.8) is 0 Å². The first-order chi connectivity index (χ1) is 8.16. The molecule has 0 aliphatic carbocycles. The fourth-order valence-corrected chi connectivity index (χ4v) is 1.26. The molecule has 0 saturated heterocycles. The molecule has 0 fully saturated rings. The topological polar surface area (TPSA) is 107 Å². The van der Waals surface area contributed by atoms with E-state index in [9.17, 15) is 14.4 Å². The van der Waals surface area contributed by atoms with Gasteiger partial charge in [-0.2, -0.15) is 0 Å². The fraction of sp³-hybridized carbons (Fsp3) is 0.727. The molecule has 0 bridgehead atoms. The summed E-state index contributed by atoms with van der Waals surface area (Å²) in [6.07, 6.45) is -0.648. The van der Waals surface area contributed by atoms with E-state index < -0.39 is 30.4 Å². The van der Waals surface area contributed by atoms with Crippen LogP contribution in [0.4, 0.5) is 4.79 Å². The molecule has 7 nitrogen and oxygen atoms in total. The molecule has 0 aliphatic rings. The molecule has 0 aromatic rings. The molecule has 0 rings (SSSR count). The lowest BCUT2D eigenvalue weighted by Gasteiger charge is -2.29. The van der Waals surface area contributed by atoms with Gasteiger partial charge in [0.05, 0.1) is 6.42 Å². The molecule has 0 saturated carbocycles. The van der Waals surface area contributed by atoms with E-state index in [-0.39, 0.29) is 12.0 Å². The summed E-state index contributed by atoms with van der Waals surface area (Å²) in [7, 11) is 1.54. The average molecular weight is 260 g/mol. The van der Waals surface area contributed by atoms with E-state index in [4.69, 9.17) is 10.2 Å². The van der Waals surface area contributed by atoms with Crippen LogP contribution in [0.5, 0.6) is 0 Å². The van der Waals surface area contributed by atoms with Crippen molar-refractivity contribution in [3.05, 3.63) is 0 Å². The Bertz CT molecular complexity index is 329. The van der Waals surface area contributed by atoms with Crippen LogP contribution < -0.4 is 5.32 Å². The number of amides is 2. The molecule has 3 N–H and O–H groups in total. The molecule has 0 radical (unpaired) electrons. The zero-order valence-electron chi connectivity index (χ0n) is 11.0. The minimum atomic E-state index is -1.42. The number of carbonyl (C=O) groups excluding carboxylic acids is 1. The third kappa shape index (κ3) is 5.03. The van der Waals surface area contributed by atoms with Crippen molar-refractivity contribution < 1.29 is 24.6 Å². The summed E-state index contributed by atoms with van der Waals surface area (Å²) < 4.78 is 0. The summed E-state index contributed by atoms with van der Waals surface area (Å²) >= 11 is 0. The monoisotopic (exact) mass is 260 g/mol. The molecule has 0 aromatic carbocycles. The van der Waals surface area contributed by atoms with Crippen molar-refractivity contribution in [1.29, 1.82) is 0 Å². The Morgan fingerprint density at radius 3 is 2.00 bits per heavy atom. The highest BCUT2D eigenvalue weighted by molar-refractivity contribution is 5.86. The molecule has 2 amide bonds. The number of carbonyl (C=O) groups is 3. The van der Waals surface area contributed by atoms with E-state index in [0.29, 0.717) is 0 Å². The highest BCUT2D eigenvalue weighted by atomic mass is 16.4. The second-order valence-corrected chi connectivity index (χ2v) is 4.53. The Labute approximate surface area is 106 Å². The van der Waals surface area contributed by atoms with Gasteiger partial charge < -0.3 is 20.4 Å². The van der Waals surface area contributed by atoms with Crippen LogP contribution in [-0.2, 0) is 9.59 Å².